The van der Waals surface area contributed by atoms with Gasteiger partial charge in [-0.15, -0.1) is 5.10 Å². The fourth-order valence-corrected chi connectivity index (χ4v) is 2.48. The SMILES string of the molecule is CC(C)CNCc1nnc(OCc2cccc(Cl)c2)s1. The standard InChI is InChI=1S/C14H18ClN3OS/c1-10(2)7-16-8-13-17-18-14(20-13)19-9-11-4-3-5-12(15)6-11/h3-6,10,16H,7-9H2,1-2H3. The van der Waals surface area contributed by atoms with Gasteiger partial charge < -0.3 is 10.1 Å². The summed E-state index contributed by atoms with van der Waals surface area (Å²) < 4.78 is 5.61. The molecule has 1 N–H and O–H groups in total. The molecule has 0 saturated heterocycles. The molecule has 0 saturated carbocycles. The Balaban J connectivity index is 1.80. The Morgan fingerprint density at radius 1 is 1.35 bits per heavy atom. The van der Waals surface area contributed by atoms with Crippen molar-refractivity contribution in [2.45, 2.75) is 27.0 Å². The number of hydrogen-bond acceptors (Lipinski definition) is 5. The highest BCUT2D eigenvalue weighted by molar-refractivity contribution is 7.13. The summed E-state index contributed by atoms with van der Waals surface area (Å²) in [4.78, 5) is 0. The Hall–Kier alpha value is -1.17. The molecule has 0 radical (unpaired) electrons. The molecule has 20 heavy (non-hydrogen) atoms. The van der Waals surface area contributed by atoms with Crippen LogP contribution in [0.15, 0.2) is 24.3 Å². The van der Waals surface area contributed by atoms with Gasteiger partial charge in [0.15, 0.2) is 0 Å². The van der Waals surface area contributed by atoms with E-state index in [1.807, 2.05) is 24.3 Å². The topological polar surface area (TPSA) is 47.0 Å². The minimum absolute atomic E-state index is 0.453. The third-order valence-corrected chi connectivity index (χ3v) is 3.60. The van der Waals surface area contributed by atoms with Crippen molar-refractivity contribution in [2.75, 3.05) is 6.54 Å². The highest BCUT2D eigenvalue weighted by Crippen LogP contribution is 2.19. The zero-order chi connectivity index (χ0) is 14.4. The first kappa shape index (κ1) is 15.2. The number of rotatable bonds is 7. The normalized spacial score (nSPS) is 11.0. The summed E-state index contributed by atoms with van der Waals surface area (Å²) in [6, 6.07) is 7.60. The van der Waals surface area contributed by atoms with Crippen molar-refractivity contribution in [3.05, 3.63) is 39.9 Å². The summed E-state index contributed by atoms with van der Waals surface area (Å²) >= 11 is 7.39. The highest BCUT2D eigenvalue weighted by atomic mass is 35.5. The first-order valence-electron chi connectivity index (χ1n) is 6.54. The monoisotopic (exact) mass is 311 g/mol. The van der Waals surface area contributed by atoms with Crippen LogP contribution in [0.4, 0.5) is 0 Å². The van der Waals surface area contributed by atoms with E-state index < -0.39 is 0 Å². The number of nitrogens with one attached hydrogen (secondary N) is 1. The van der Waals surface area contributed by atoms with Crippen LogP contribution in [0, 0.1) is 5.92 Å². The zero-order valence-electron chi connectivity index (χ0n) is 11.6. The van der Waals surface area contributed by atoms with Gasteiger partial charge in [-0.25, -0.2) is 0 Å². The van der Waals surface area contributed by atoms with E-state index >= 15 is 0 Å². The maximum atomic E-state index is 5.92. The van der Waals surface area contributed by atoms with Gasteiger partial charge in [-0.3, -0.25) is 0 Å². The lowest BCUT2D eigenvalue weighted by molar-refractivity contribution is 0.302. The van der Waals surface area contributed by atoms with Crippen molar-refractivity contribution in [1.82, 2.24) is 15.5 Å². The van der Waals surface area contributed by atoms with Crippen LogP contribution in [-0.4, -0.2) is 16.7 Å². The Morgan fingerprint density at radius 3 is 2.95 bits per heavy atom. The van der Waals surface area contributed by atoms with Gasteiger partial charge in [0.2, 0.25) is 0 Å². The summed E-state index contributed by atoms with van der Waals surface area (Å²) in [5, 5.41) is 13.7. The fourth-order valence-electron chi connectivity index (χ4n) is 1.61. The van der Waals surface area contributed by atoms with Crippen molar-refractivity contribution in [3.8, 4) is 5.19 Å². The summed E-state index contributed by atoms with van der Waals surface area (Å²) in [7, 11) is 0. The smallest absolute Gasteiger partial charge is 0.294 e. The van der Waals surface area contributed by atoms with Crippen molar-refractivity contribution >= 4 is 22.9 Å². The average Bonchev–Trinajstić information content (AvgIpc) is 2.84. The van der Waals surface area contributed by atoms with Gasteiger partial charge in [0.1, 0.15) is 11.6 Å². The van der Waals surface area contributed by atoms with Gasteiger partial charge in [0, 0.05) is 11.6 Å². The second kappa shape index (κ2) is 7.57. The molecule has 1 aromatic carbocycles. The van der Waals surface area contributed by atoms with E-state index in [1.165, 1.54) is 11.3 Å². The van der Waals surface area contributed by atoms with Crippen molar-refractivity contribution in [1.29, 1.82) is 0 Å². The van der Waals surface area contributed by atoms with Gasteiger partial charge in [-0.2, -0.15) is 0 Å². The van der Waals surface area contributed by atoms with Crippen LogP contribution in [0.25, 0.3) is 0 Å². The number of hydrogen-bond donors (Lipinski definition) is 1. The Labute approximate surface area is 128 Å². The number of nitrogens with zero attached hydrogens (tertiary/aromatic N) is 2. The maximum Gasteiger partial charge on any atom is 0.294 e. The predicted molar refractivity (Wildman–Crippen MR) is 82.2 cm³/mol. The first-order valence-corrected chi connectivity index (χ1v) is 7.73. The molecule has 0 aliphatic heterocycles. The van der Waals surface area contributed by atoms with Gasteiger partial charge in [0.05, 0.1) is 0 Å². The molecule has 6 heteroatoms. The second-order valence-electron chi connectivity index (χ2n) is 4.91. The summed E-state index contributed by atoms with van der Waals surface area (Å²) in [5.41, 5.74) is 1.02. The van der Waals surface area contributed by atoms with Crippen LogP contribution in [0.1, 0.15) is 24.4 Å². The zero-order valence-corrected chi connectivity index (χ0v) is 13.2. The van der Waals surface area contributed by atoms with Crippen LogP contribution in [-0.2, 0) is 13.2 Å². The van der Waals surface area contributed by atoms with Gasteiger partial charge in [0.25, 0.3) is 5.19 Å². The Bertz CT molecular complexity index is 545. The molecular formula is C14H18ClN3OS. The molecule has 2 rings (SSSR count). The van der Waals surface area contributed by atoms with E-state index in [1.54, 1.807) is 0 Å². The molecule has 0 amide bonds. The van der Waals surface area contributed by atoms with Crippen molar-refractivity contribution in [3.63, 3.8) is 0 Å². The van der Waals surface area contributed by atoms with Crippen molar-refractivity contribution in [2.24, 2.45) is 5.92 Å². The van der Waals surface area contributed by atoms with E-state index in [4.69, 9.17) is 16.3 Å². The van der Waals surface area contributed by atoms with E-state index in [0.717, 1.165) is 23.7 Å². The van der Waals surface area contributed by atoms with Gasteiger partial charge in [-0.1, -0.05) is 54.0 Å². The van der Waals surface area contributed by atoms with Crippen LogP contribution in [0.3, 0.4) is 0 Å². The molecule has 1 aromatic heterocycles. The summed E-state index contributed by atoms with van der Waals surface area (Å²) in [6.07, 6.45) is 0. The minimum Gasteiger partial charge on any atom is -0.464 e. The lowest BCUT2D eigenvalue weighted by Gasteiger charge is -2.04. The molecule has 0 aliphatic rings. The van der Waals surface area contributed by atoms with E-state index in [0.29, 0.717) is 22.7 Å². The van der Waals surface area contributed by atoms with Gasteiger partial charge >= 0.3 is 0 Å². The van der Waals surface area contributed by atoms with Crippen molar-refractivity contribution < 1.29 is 4.74 Å². The largest absolute Gasteiger partial charge is 0.464 e. The van der Waals surface area contributed by atoms with Crippen LogP contribution in [0.2, 0.25) is 5.02 Å². The summed E-state index contributed by atoms with van der Waals surface area (Å²) in [6.45, 7) is 6.50. The molecule has 1 heterocycles. The average molecular weight is 312 g/mol. The molecule has 0 unspecified atom stereocenters. The molecule has 2 aromatic rings. The number of aromatic nitrogens is 2. The Morgan fingerprint density at radius 2 is 2.20 bits per heavy atom. The molecule has 0 bridgehead atoms. The predicted octanol–water partition coefficient (Wildman–Crippen LogP) is 3.52. The quantitative estimate of drug-likeness (QED) is 0.850. The first-order chi connectivity index (χ1) is 9.63. The molecule has 0 aliphatic carbocycles. The number of ether oxygens (including phenoxy) is 1. The highest BCUT2D eigenvalue weighted by Gasteiger charge is 2.05. The summed E-state index contributed by atoms with van der Waals surface area (Å²) in [5.74, 6) is 0.626. The molecule has 0 spiro atoms. The maximum absolute atomic E-state index is 5.92. The molecule has 4 nitrogen and oxygen atoms in total. The van der Waals surface area contributed by atoms with Crippen LogP contribution in [0.5, 0.6) is 5.19 Å². The third kappa shape index (κ3) is 5.07. The lowest BCUT2D eigenvalue weighted by atomic mass is 10.2. The fraction of sp³-hybridized carbons (Fsp3) is 0.429. The molecule has 0 atom stereocenters. The van der Waals surface area contributed by atoms with E-state index in [-0.39, 0.29) is 0 Å². The molecule has 0 fully saturated rings. The second-order valence-corrected chi connectivity index (χ2v) is 6.37. The molecular weight excluding hydrogens is 294 g/mol. The van der Waals surface area contributed by atoms with E-state index in [2.05, 4.69) is 29.4 Å². The van der Waals surface area contributed by atoms with E-state index in [9.17, 15) is 0 Å². The van der Waals surface area contributed by atoms with Crippen LogP contribution < -0.4 is 10.1 Å². The Kier molecular flexibility index (Phi) is 5.76. The lowest BCUT2D eigenvalue weighted by Crippen LogP contribution is -2.18. The molecule has 108 valence electrons. The number of benzene rings is 1. The van der Waals surface area contributed by atoms with Crippen LogP contribution >= 0.6 is 22.9 Å². The van der Waals surface area contributed by atoms with Gasteiger partial charge in [-0.05, 0) is 30.2 Å². The third-order valence-electron chi connectivity index (χ3n) is 2.53. The minimum atomic E-state index is 0.453. The number of halogens is 1.